The highest BCUT2D eigenvalue weighted by Crippen LogP contribution is 2.22. The average molecular weight is 189 g/mol. The molecule has 0 aromatic heterocycles. The zero-order valence-electron chi connectivity index (χ0n) is 7.89. The molecule has 0 spiro atoms. The van der Waals surface area contributed by atoms with Crippen molar-refractivity contribution in [2.75, 3.05) is 11.6 Å². The standard InChI is InChI=1S/C8H16N2OS/c1-8(2,3)12-4-6(7(9)11)10-5-12/h6,10H,4-5H2,1-3H3,(H-,9,11)/p+1/t6-,12?/m0/s1. The molecule has 3 N–H and O–H groups in total. The van der Waals surface area contributed by atoms with E-state index in [0.29, 0.717) is 15.6 Å². The van der Waals surface area contributed by atoms with Crippen molar-refractivity contribution in [3.05, 3.63) is 0 Å². The van der Waals surface area contributed by atoms with Gasteiger partial charge in [-0.05, 0) is 20.8 Å². The fourth-order valence-electron chi connectivity index (χ4n) is 1.17. The van der Waals surface area contributed by atoms with E-state index < -0.39 is 0 Å². The molecule has 1 heterocycles. The molecule has 1 aliphatic heterocycles. The van der Waals surface area contributed by atoms with E-state index >= 15 is 0 Å². The molecule has 2 atom stereocenters. The van der Waals surface area contributed by atoms with Gasteiger partial charge >= 0.3 is 0 Å². The lowest BCUT2D eigenvalue weighted by Gasteiger charge is -2.16. The zero-order valence-corrected chi connectivity index (χ0v) is 8.70. The highest BCUT2D eigenvalue weighted by Gasteiger charge is 2.43. The van der Waals surface area contributed by atoms with E-state index in [1.807, 2.05) is 0 Å². The van der Waals surface area contributed by atoms with Gasteiger partial charge in [0.1, 0.15) is 16.5 Å². The molecule has 1 rings (SSSR count). The summed E-state index contributed by atoms with van der Waals surface area (Å²) >= 11 is 0. The second kappa shape index (κ2) is 3.26. The van der Waals surface area contributed by atoms with Crippen LogP contribution in [0.15, 0.2) is 0 Å². The van der Waals surface area contributed by atoms with E-state index in [-0.39, 0.29) is 11.9 Å². The Bertz CT molecular complexity index is 188. The molecule has 12 heavy (non-hydrogen) atoms. The minimum Gasteiger partial charge on any atom is -0.368 e. The van der Waals surface area contributed by atoms with Crippen LogP contribution in [0.5, 0.6) is 0 Å². The Hall–Kier alpha value is -0.220. The summed E-state index contributed by atoms with van der Waals surface area (Å²) in [5.74, 6) is 1.64. The summed E-state index contributed by atoms with van der Waals surface area (Å²) < 4.78 is 0.303. The minimum absolute atomic E-state index is 0.0902. The van der Waals surface area contributed by atoms with Gasteiger partial charge in [0, 0.05) is 10.9 Å². The molecule has 0 saturated carbocycles. The van der Waals surface area contributed by atoms with Gasteiger partial charge in [-0.2, -0.15) is 0 Å². The molecule has 1 unspecified atom stereocenters. The van der Waals surface area contributed by atoms with Gasteiger partial charge < -0.3 is 5.73 Å². The Kier molecular flexibility index (Phi) is 2.68. The van der Waals surface area contributed by atoms with Crippen molar-refractivity contribution >= 4 is 16.8 Å². The predicted octanol–water partition coefficient (Wildman–Crippen LogP) is -0.182. The number of carbonyl (C=O) groups is 1. The van der Waals surface area contributed by atoms with Crippen LogP contribution in [0.4, 0.5) is 0 Å². The molecular weight excluding hydrogens is 172 g/mol. The topological polar surface area (TPSA) is 55.1 Å². The third-order valence-corrected chi connectivity index (χ3v) is 5.06. The Morgan fingerprint density at radius 2 is 2.17 bits per heavy atom. The molecule has 70 valence electrons. The third-order valence-electron chi connectivity index (χ3n) is 2.08. The van der Waals surface area contributed by atoms with Gasteiger partial charge in [-0.25, -0.2) is 0 Å². The van der Waals surface area contributed by atoms with E-state index in [1.165, 1.54) is 0 Å². The number of nitrogens with two attached hydrogens (primary N) is 1. The second-order valence-corrected chi connectivity index (χ2v) is 6.91. The Balaban J connectivity index is 2.51. The summed E-state index contributed by atoms with van der Waals surface area (Å²) in [4.78, 5) is 10.8. The van der Waals surface area contributed by atoms with Gasteiger partial charge in [0.15, 0.2) is 5.88 Å². The number of rotatable bonds is 1. The molecule has 1 amide bonds. The zero-order chi connectivity index (χ0) is 9.35. The fourth-order valence-corrected chi connectivity index (χ4v) is 3.31. The van der Waals surface area contributed by atoms with E-state index in [4.69, 9.17) is 5.73 Å². The summed E-state index contributed by atoms with van der Waals surface area (Å²) in [5.41, 5.74) is 5.21. The molecule has 3 nitrogen and oxygen atoms in total. The van der Waals surface area contributed by atoms with Crippen molar-refractivity contribution in [2.45, 2.75) is 31.6 Å². The fraction of sp³-hybridized carbons (Fsp3) is 0.875. The van der Waals surface area contributed by atoms with Gasteiger partial charge in [-0.1, -0.05) is 0 Å². The van der Waals surface area contributed by atoms with E-state index in [0.717, 1.165) is 11.6 Å². The number of nitrogens with one attached hydrogen (secondary N) is 1. The van der Waals surface area contributed by atoms with Gasteiger partial charge in [0.2, 0.25) is 5.91 Å². The first-order chi connectivity index (χ1) is 5.41. The maximum atomic E-state index is 10.8. The molecule has 4 heteroatoms. The summed E-state index contributed by atoms with van der Waals surface area (Å²) in [5, 5.41) is 3.15. The Morgan fingerprint density at radius 3 is 2.42 bits per heavy atom. The number of hydrogen-bond acceptors (Lipinski definition) is 2. The first-order valence-corrected chi connectivity index (χ1v) is 5.68. The highest BCUT2D eigenvalue weighted by atomic mass is 32.2. The predicted molar refractivity (Wildman–Crippen MR) is 53.0 cm³/mol. The summed E-state index contributed by atoms with van der Waals surface area (Å²) in [7, 11) is 0.293. The molecule has 0 aliphatic carbocycles. The van der Waals surface area contributed by atoms with Crippen LogP contribution in [-0.4, -0.2) is 28.3 Å². The van der Waals surface area contributed by atoms with Crippen LogP contribution >= 0.6 is 0 Å². The molecule has 1 saturated heterocycles. The number of primary amides is 1. The monoisotopic (exact) mass is 189 g/mol. The van der Waals surface area contributed by atoms with Crippen molar-refractivity contribution in [3.63, 3.8) is 0 Å². The average Bonchev–Trinajstić information content (AvgIpc) is 2.30. The molecule has 0 bridgehead atoms. The second-order valence-electron chi connectivity index (χ2n) is 4.08. The molecule has 1 aliphatic rings. The molecule has 0 aromatic rings. The van der Waals surface area contributed by atoms with Crippen molar-refractivity contribution in [3.8, 4) is 0 Å². The molecule has 0 aromatic carbocycles. The van der Waals surface area contributed by atoms with Crippen LogP contribution in [-0.2, 0) is 15.7 Å². The highest BCUT2D eigenvalue weighted by molar-refractivity contribution is 7.98. The van der Waals surface area contributed by atoms with Crippen LogP contribution in [0.1, 0.15) is 20.8 Å². The lowest BCUT2D eigenvalue weighted by atomic mass is 10.3. The Labute approximate surface area is 76.4 Å². The van der Waals surface area contributed by atoms with Crippen LogP contribution in [0.3, 0.4) is 0 Å². The van der Waals surface area contributed by atoms with Gasteiger partial charge in [-0.3, -0.25) is 10.1 Å². The Morgan fingerprint density at radius 1 is 1.58 bits per heavy atom. The van der Waals surface area contributed by atoms with Gasteiger partial charge in [0.05, 0.1) is 0 Å². The largest absolute Gasteiger partial charge is 0.368 e. The van der Waals surface area contributed by atoms with Crippen LogP contribution < -0.4 is 11.1 Å². The normalized spacial score (nSPS) is 30.6. The summed E-state index contributed by atoms with van der Waals surface area (Å²) in [6.45, 7) is 6.63. The van der Waals surface area contributed by atoms with E-state index in [9.17, 15) is 4.79 Å². The summed E-state index contributed by atoms with van der Waals surface area (Å²) in [6.07, 6.45) is 0. The van der Waals surface area contributed by atoms with Gasteiger partial charge in [-0.15, -0.1) is 0 Å². The minimum atomic E-state index is -0.214. The maximum absolute atomic E-state index is 10.8. The number of hydrogen-bond donors (Lipinski definition) is 2. The lowest BCUT2D eigenvalue weighted by molar-refractivity contribution is -0.119. The van der Waals surface area contributed by atoms with Crippen molar-refractivity contribution in [2.24, 2.45) is 5.73 Å². The van der Waals surface area contributed by atoms with E-state index in [1.54, 1.807) is 0 Å². The van der Waals surface area contributed by atoms with Gasteiger partial charge in [0.25, 0.3) is 0 Å². The maximum Gasteiger partial charge on any atom is 0.239 e. The number of carbonyl (C=O) groups excluding carboxylic acids is 1. The third kappa shape index (κ3) is 2.14. The number of amides is 1. The van der Waals surface area contributed by atoms with Crippen LogP contribution in [0, 0.1) is 0 Å². The molecule has 0 radical (unpaired) electrons. The smallest absolute Gasteiger partial charge is 0.239 e. The van der Waals surface area contributed by atoms with Crippen molar-refractivity contribution in [1.82, 2.24) is 5.32 Å². The van der Waals surface area contributed by atoms with Crippen molar-refractivity contribution < 1.29 is 4.79 Å². The first kappa shape index (κ1) is 9.86. The SMILES string of the molecule is CC(C)(C)[S+]1CN[C@H](C(N)=O)C1. The first-order valence-electron chi connectivity index (χ1n) is 4.11. The van der Waals surface area contributed by atoms with Crippen molar-refractivity contribution in [1.29, 1.82) is 0 Å². The van der Waals surface area contributed by atoms with Crippen LogP contribution in [0.25, 0.3) is 0 Å². The van der Waals surface area contributed by atoms with E-state index in [2.05, 4.69) is 26.1 Å². The summed E-state index contributed by atoms with van der Waals surface area (Å²) in [6, 6.07) is -0.0902. The quantitative estimate of drug-likeness (QED) is 0.562. The lowest BCUT2D eigenvalue weighted by Crippen LogP contribution is -2.38. The van der Waals surface area contributed by atoms with Crippen LogP contribution in [0.2, 0.25) is 0 Å². The molecule has 1 fully saturated rings. The molecular formula is C8H17N2OS+.